The van der Waals surface area contributed by atoms with Gasteiger partial charge in [0, 0.05) is 57.6 Å². The van der Waals surface area contributed by atoms with Gasteiger partial charge in [-0.3, -0.25) is 0 Å². The number of aromatic nitrogens is 2. The summed E-state index contributed by atoms with van der Waals surface area (Å²) in [6.07, 6.45) is 1.71. The number of benzene rings is 2. The second-order valence-corrected chi connectivity index (χ2v) is 12.5. The first kappa shape index (κ1) is 29.0. The minimum atomic E-state index is -0.463. The van der Waals surface area contributed by atoms with Crippen molar-refractivity contribution < 1.29 is 19.0 Å². The zero-order valence-corrected chi connectivity index (χ0v) is 25.6. The predicted octanol–water partition coefficient (Wildman–Crippen LogP) is 5.36. The van der Waals surface area contributed by atoms with Gasteiger partial charge in [-0.15, -0.1) is 10.2 Å². The molecule has 1 aromatic heterocycles. The maximum absolute atomic E-state index is 12.4. The number of piperidine rings is 1. The summed E-state index contributed by atoms with van der Waals surface area (Å²) in [5.74, 6) is 2.01. The van der Waals surface area contributed by atoms with Crippen LogP contribution in [0.3, 0.4) is 0 Å². The first-order chi connectivity index (χ1) is 20.8. The quantitative estimate of drug-likeness (QED) is 0.383. The number of likely N-dealkylation sites (tertiary alicyclic amines) is 1. The second kappa shape index (κ2) is 12.3. The number of amides is 1. The van der Waals surface area contributed by atoms with E-state index in [1.54, 1.807) is 7.11 Å². The molecule has 6 rings (SSSR count). The van der Waals surface area contributed by atoms with Crippen molar-refractivity contribution in [1.82, 2.24) is 15.1 Å². The van der Waals surface area contributed by atoms with Crippen molar-refractivity contribution in [2.75, 3.05) is 68.3 Å². The molecule has 2 saturated heterocycles. The Balaban J connectivity index is 1.09. The number of hydrogen-bond acceptors (Lipinski definition) is 9. The van der Waals surface area contributed by atoms with Crippen molar-refractivity contribution in [2.45, 2.75) is 51.2 Å². The van der Waals surface area contributed by atoms with E-state index >= 15 is 0 Å². The molecule has 0 radical (unpaired) electrons. The van der Waals surface area contributed by atoms with Gasteiger partial charge in [0.05, 0.1) is 17.4 Å². The van der Waals surface area contributed by atoms with Gasteiger partial charge in [-0.05, 0) is 75.4 Å². The number of rotatable bonds is 6. The van der Waals surface area contributed by atoms with Gasteiger partial charge in [0.15, 0.2) is 12.6 Å². The summed E-state index contributed by atoms with van der Waals surface area (Å²) in [7, 11) is 1.61. The Morgan fingerprint density at radius 1 is 1.00 bits per heavy atom. The van der Waals surface area contributed by atoms with E-state index in [0.29, 0.717) is 12.0 Å². The van der Waals surface area contributed by atoms with Crippen LogP contribution in [0, 0.1) is 0 Å². The summed E-state index contributed by atoms with van der Waals surface area (Å²) in [5, 5.41) is 12.6. The molecule has 3 aromatic rings. The number of anilines is 3. The Labute approximate surface area is 253 Å². The zero-order chi connectivity index (χ0) is 30.0. The molecule has 1 N–H and O–H groups in total. The van der Waals surface area contributed by atoms with Crippen LogP contribution in [0.5, 0.6) is 5.75 Å². The highest BCUT2D eigenvalue weighted by Gasteiger charge is 2.33. The van der Waals surface area contributed by atoms with E-state index in [0.717, 1.165) is 80.6 Å². The number of methoxy groups -OCH3 is 1. The minimum Gasteiger partial charge on any atom is -0.467 e. The molecule has 0 unspecified atom stereocenters. The lowest BCUT2D eigenvalue weighted by atomic mass is 9.89. The van der Waals surface area contributed by atoms with E-state index in [4.69, 9.17) is 14.2 Å². The van der Waals surface area contributed by atoms with Crippen molar-refractivity contribution >= 4 is 23.3 Å². The van der Waals surface area contributed by atoms with Gasteiger partial charge in [0.2, 0.25) is 0 Å². The maximum atomic E-state index is 12.4. The third kappa shape index (κ3) is 6.49. The number of carbonyl (C=O) groups is 1. The van der Waals surface area contributed by atoms with Crippen LogP contribution < -0.4 is 19.9 Å². The normalized spacial score (nSPS) is 18.9. The molecule has 0 spiro atoms. The number of fused-ring (bicyclic) bond motifs is 3. The van der Waals surface area contributed by atoms with Crippen molar-refractivity contribution in [2.24, 2.45) is 0 Å². The largest absolute Gasteiger partial charge is 0.467 e. The van der Waals surface area contributed by atoms with Crippen LogP contribution in [0.2, 0.25) is 0 Å². The molecule has 0 saturated carbocycles. The van der Waals surface area contributed by atoms with Crippen molar-refractivity contribution in [1.29, 1.82) is 0 Å². The molecule has 3 aliphatic heterocycles. The van der Waals surface area contributed by atoms with Crippen LogP contribution in [0.1, 0.15) is 45.1 Å². The summed E-state index contributed by atoms with van der Waals surface area (Å²) >= 11 is 0. The molecule has 3 aliphatic rings. The first-order valence-corrected chi connectivity index (χ1v) is 15.2. The number of ether oxygens (including phenoxy) is 3. The molecular weight excluding hydrogens is 544 g/mol. The van der Waals surface area contributed by atoms with Gasteiger partial charge in [-0.1, -0.05) is 24.3 Å². The van der Waals surface area contributed by atoms with Crippen molar-refractivity contribution in [3.05, 3.63) is 60.2 Å². The minimum absolute atomic E-state index is 0.176. The summed E-state index contributed by atoms with van der Waals surface area (Å²) in [6.45, 7) is 10.9. The fraction of sp³-hybridized carbons (Fsp3) is 0.485. The number of carbonyl (C=O) groups excluding carboxylic acids is 1. The number of nitrogens with zero attached hydrogens (tertiary/aromatic N) is 5. The smallest absolute Gasteiger partial charge is 0.410 e. The number of para-hydroxylation sites is 1. The van der Waals surface area contributed by atoms with Crippen molar-refractivity contribution in [3.63, 3.8) is 0 Å². The highest BCUT2D eigenvalue weighted by molar-refractivity contribution is 5.77. The standard InChI is InChI=1S/C33H42N6O4/c1-33(2,3)43-32(40)37-15-13-24(14-16-37)23-9-11-25(12-10-23)38-17-18-39-26(21-38)20-34-31-29(39)19-28(35-36-31)27-7-5-6-8-30(27)42-22-41-4/h5-12,19,24,26H,13-18,20-22H2,1-4H3,(H,34,36)/t26-/m0/s1. The highest BCUT2D eigenvalue weighted by Crippen LogP contribution is 2.37. The van der Waals surface area contributed by atoms with Crippen LogP contribution in [0.15, 0.2) is 54.6 Å². The van der Waals surface area contributed by atoms with Crippen LogP contribution in [0.4, 0.5) is 22.0 Å². The SMILES string of the molecule is COCOc1ccccc1-c1cc2c(nn1)NC[C@H]1CN(c3ccc(C4CCN(C(=O)OC(C)(C)C)CC4)cc3)CCN21. The fourth-order valence-electron chi connectivity index (χ4n) is 6.26. The number of nitrogens with one attached hydrogen (secondary N) is 1. The second-order valence-electron chi connectivity index (χ2n) is 12.5. The van der Waals surface area contributed by atoms with Crippen LogP contribution in [-0.4, -0.2) is 86.0 Å². The Bertz CT molecular complexity index is 1420. The zero-order valence-electron chi connectivity index (χ0n) is 25.6. The van der Waals surface area contributed by atoms with E-state index in [-0.39, 0.29) is 12.9 Å². The third-order valence-corrected chi connectivity index (χ3v) is 8.44. The Kier molecular flexibility index (Phi) is 8.30. The Morgan fingerprint density at radius 3 is 2.51 bits per heavy atom. The molecule has 4 heterocycles. The third-order valence-electron chi connectivity index (χ3n) is 8.44. The van der Waals surface area contributed by atoms with Gasteiger partial charge in [0.25, 0.3) is 0 Å². The van der Waals surface area contributed by atoms with Gasteiger partial charge in [-0.2, -0.15) is 0 Å². The van der Waals surface area contributed by atoms with Gasteiger partial charge in [-0.25, -0.2) is 4.79 Å². The maximum Gasteiger partial charge on any atom is 0.410 e. The predicted molar refractivity (Wildman–Crippen MR) is 168 cm³/mol. The van der Waals surface area contributed by atoms with Gasteiger partial charge in [0.1, 0.15) is 11.4 Å². The van der Waals surface area contributed by atoms with E-state index in [9.17, 15) is 4.79 Å². The molecule has 228 valence electrons. The summed E-state index contributed by atoms with van der Waals surface area (Å²) < 4.78 is 16.5. The molecular formula is C33H42N6O4. The van der Waals surface area contributed by atoms with E-state index in [1.165, 1.54) is 11.3 Å². The molecule has 1 amide bonds. The molecule has 2 fully saturated rings. The Hall–Kier alpha value is -4.05. The number of hydrogen-bond donors (Lipinski definition) is 1. The molecule has 0 bridgehead atoms. The average Bonchev–Trinajstić information content (AvgIpc) is 3.02. The monoisotopic (exact) mass is 586 g/mol. The van der Waals surface area contributed by atoms with Crippen LogP contribution in [-0.2, 0) is 9.47 Å². The van der Waals surface area contributed by atoms with E-state index in [2.05, 4.69) is 55.6 Å². The van der Waals surface area contributed by atoms with Crippen LogP contribution in [0.25, 0.3) is 11.3 Å². The molecule has 10 nitrogen and oxygen atoms in total. The van der Waals surface area contributed by atoms with Crippen molar-refractivity contribution in [3.8, 4) is 17.0 Å². The first-order valence-electron chi connectivity index (χ1n) is 15.2. The molecule has 0 aliphatic carbocycles. The molecule has 1 atom stereocenters. The van der Waals surface area contributed by atoms with Gasteiger partial charge >= 0.3 is 6.09 Å². The Morgan fingerprint density at radius 2 is 1.77 bits per heavy atom. The van der Waals surface area contributed by atoms with E-state index < -0.39 is 5.60 Å². The summed E-state index contributed by atoms with van der Waals surface area (Å²) in [5.41, 5.74) is 4.89. The summed E-state index contributed by atoms with van der Waals surface area (Å²) in [4.78, 5) is 19.2. The molecule has 43 heavy (non-hydrogen) atoms. The summed E-state index contributed by atoms with van der Waals surface area (Å²) in [6, 6.07) is 19.3. The lowest BCUT2D eigenvalue weighted by Gasteiger charge is -2.46. The highest BCUT2D eigenvalue weighted by atomic mass is 16.7. The fourth-order valence-corrected chi connectivity index (χ4v) is 6.26. The molecule has 10 heteroatoms. The van der Waals surface area contributed by atoms with Gasteiger partial charge < -0.3 is 34.2 Å². The lowest BCUT2D eigenvalue weighted by Crippen LogP contribution is -2.58. The van der Waals surface area contributed by atoms with Crippen LogP contribution >= 0.6 is 0 Å². The topological polar surface area (TPSA) is 92.3 Å². The lowest BCUT2D eigenvalue weighted by molar-refractivity contribution is 0.0205. The van der Waals surface area contributed by atoms with E-state index in [1.807, 2.05) is 49.9 Å². The average molecular weight is 587 g/mol. The number of piperazine rings is 1. The molecule has 2 aromatic carbocycles.